The summed E-state index contributed by atoms with van der Waals surface area (Å²) in [5.41, 5.74) is 2.18. The first-order valence-corrected chi connectivity index (χ1v) is 6.19. The molecule has 0 aliphatic carbocycles. The highest BCUT2D eigenvalue weighted by atomic mass is 35.5. The van der Waals surface area contributed by atoms with Crippen molar-refractivity contribution in [3.8, 4) is 5.75 Å². The van der Waals surface area contributed by atoms with Crippen molar-refractivity contribution in [1.82, 2.24) is 5.32 Å². The van der Waals surface area contributed by atoms with Gasteiger partial charge in [-0.15, -0.1) is 0 Å². The standard InChI is InChI=1S/C13H18ClNO/c1-9-7-12(8-10(2)13(9)14)16-11-3-5-15-6-4-11/h7-8,11,15H,3-6H2,1-2H3. The molecule has 1 aromatic rings. The van der Waals surface area contributed by atoms with Crippen LogP contribution in [0.3, 0.4) is 0 Å². The summed E-state index contributed by atoms with van der Waals surface area (Å²) < 4.78 is 5.97. The van der Waals surface area contributed by atoms with E-state index in [0.717, 1.165) is 47.8 Å². The van der Waals surface area contributed by atoms with Crippen molar-refractivity contribution in [3.05, 3.63) is 28.3 Å². The van der Waals surface area contributed by atoms with E-state index in [4.69, 9.17) is 16.3 Å². The van der Waals surface area contributed by atoms with Gasteiger partial charge in [-0.25, -0.2) is 0 Å². The summed E-state index contributed by atoms with van der Waals surface area (Å²) in [6.45, 7) is 6.14. The van der Waals surface area contributed by atoms with Crippen molar-refractivity contribution in [2.45, 2.75) is 32.8 Å². The molecule has 0 saturated carbocycles. The molecular weight excluding hydrogens is 222 g/mol. The summed E-state index contributed by atoms with van der Waals surface area (Å²) >= 11 is 6.13. The Balaban J connectivity index is 2.09. The molecule has 1 heterocycles. The van der Waals surface area contributed by atoms with Crippen LogP contribution in [0.5, 0.6) is 5.75 Å². The van der Waals surface area contributed by atoms with Crippen LogP contribution in [0, 0.1) is 13.8 Å². The number of piperidine rings is 1. The highest BCUT2D eigenvalue weighted by molar-refractivity contribution is 6.32. The molecule has 1 saturated heterocycles. The van der Waals surface area contributed by atoms with Crippen molar-refractivity contribution < 1.29 is 4.74 Å². The fraction of sp³-hybridized carbons (Fsp3) is 0.538. The van der Waals surface area contributed by atoms with Crippen LogP contribution < -0.4 is 10.1 Å². The quantitative estimate of drug-likeness (QED) is 0.857. The minimum Gasteiger partial charge on any atom is -0.490 e. The average Bonchev–Trinajstić information content (AvgIpc) is 2.27. The molecule has 0 aromatic heterocycles. The zero-order valence-corrected chi connectivity index (χ0v) is 10.6. The normalized spacial score (nSPS) is 17.4. The molecule has 0 amide bonds. The largest absolute Gasteiger partial charge is 0.490 e. The molecule has 2 rings (SSSR count). The third-order valence-corrected chi connectivity index (χ3v) is 3.60. The van der Waals surface area contributed by atoms with Crippen LogP contribution in [0.25, 0.3) is 0 Å². The van der Waals surface area contributed by atoms with Gasteiger partial charge in [0.2, 0.25) is 0 Å². The number of rotatable bonds is 2. The Morgan fingerprint density at radius 3 is 2.31 bits per heavy atom. The summed E-state index contributed by atoms with van der Waals surface area (Å²) in [4.78, 5) is 0. The fourth-order valence-electron chi connectivity index (χ4n) is 2.08. The first-order chi connectivity index (χ1) is 7.66. The highest BCUT2D eigenvalue weighted by Crippen LogP contribution is 2.27. The molecule has 1 aliphatic heterocycles. The molecule has 1 fully saturated rings. The van der Waals surface area contributed by atoms with Gasteiger partial charge in [0.15, 0.2) is 0 Å². The first kappa shape index (κ1) is 11.7. The number of aryl methyl sites for hydroxylation is 2. The maximum atomic E-state index is 6.13. The van der Waals surface area contributed by atoms with Gasteiger partial charge in [-0.3, -0.25) is 0 Å². The van der Waals surface area contributed by atoms with Crippen LogP contribution in [-0.4, -0.2) is 19.2 Å². The Labute approximate surface area is 102 Å². The second kappa shape index (κ2) is 5.07. The molecule has 88 valence electrons. The van der Waals surface area contributed by atoms with E-state index in [0.29, 0.717) is 6.10 Å². The van der Waals surface area contributed by atoms with E-state index in [1.54, 1.807) is 0 Å². The molecule has 0 atom stereocenters. The van der Waals surface area contributed by atoms with Gasteiger partial charge in [-0.05, 0) is 63.0 Å². The number of ether oxygens (including phenoxy) is 1. The predicted molar refractivity (Wildman–Crippen MR) is 67.4 cm³/mol. The highest BCUT2D eigenvalue weighted by Gasteiger charge is 2.15. The van der Waals surface area contributed by atoms with Gasteiger partial charge in [0, 0.05) is 5.02 Å². The molecule has 1 N–H and O–H groups in total. The van der Waals surface area contributed by atoms with Crippen molar-refractivity contribution in [1.29, 1.82) is 0 Å². The number of halogens is 1. The Kier molecular flexibility index (Phi) is 3.72. The summed E-state index contributed by atoms with van der Waals surface area (Å²) in [6.07, 6.45) is 2.52. The minimum atomic E-state index is 0.348. The van der Waals surface area contributed by atoms with Gasteiger partial charge < -0.3 is 10.1 Å². The second-order valence-electron chi connectivity index (χ2n) is 4.44. The molecule has 0 unspecified atom stereocenters. The number of benzene rings is 1. The van der Waals surface area contributed by atoms with Crippen LogP contribution in [0.1, 0.15) is 24.0 Å². The summed E-state index contributed by atoms with van der Waals surface area (Å²) in [7, 11) is 0. The van der Waals surface area contributed by atoms with E-state index in [9.17, 15) is 0 Å². The van der Waals surface area contributed by atoms with Crippen molar-refractivity contribution >= 4 is 11.6 Å². The van der Waals surface area contributed by atoms with Crippen molar-refractivity contribution in [2.75, 3.05) is 13.1 Å². The van der Waals surface area contributed by atoms with E-state index in [1.807, 2.05) is 26.0 Å². The third-order valence-electron chi connectivity index (χ3n) is 3.00. The maximum absolute atomic E-state index is 6.13. The third kappa shape index (κ3) is 2.69. The molecule has 1 aromatic carbocycles. The molecule has 0 bridgehead atoms. The second-order valence-corrected chi connectivity index (χ2v) is 4.82. The lowest BCUT2D eigenvalue weighted by Crippen LogP contribution is -2.34. The molecule has 2 nitrogen and oxygen atoms in total. The summed E-state index contributed by atoms with van der Waals surface area (Å²) in [5.74, 6) is 0.950. The molecule has 3 heteroatoms. The Hall–Kier alpha value is -0.730. The topological polar surface area (TPSA) is 21.3 Å². The lowest BCUT2D eigenvalue weighted by Gasteiger charge is -2.24. The molecular formula is C13H18ClNO. The van der Waals surface area contributed by atoms with Crippen molar-refractivity contribution in [2.24, 2.45) is 0 Å². The van der Waals surface area contributed by atoms with Crippen LogP contribution >= 0.6 is 11.6 Å². The van der Waals surface area contributed by atoms with E-state index in [1.165, 1.54) is 0 Å². The van der Waals surface area contributed by atoms with E-state index < -0.39 is 0 Å². The lowest BCUT2D eigenvalue weighted by atomic mass is 10.1. The maximum Gasteiger partial charge on any atom is 0.120 e. The smallest absolute Gasteiger partial charge is 0.120 e. The van der Waals surface area contributed by atoms with Crippen LogP contribution in [0.4, 0.5) is 0 Å². The summed E-state index contributed by atoms with van der Waals surface area (Å²) in [6, 6.07) is 4.05. The van der Waals surface area contributed by atoms with E-state index >= 15 is 0 Å². The number of hydrogen-bond acceptors (Lipinski definition) is 2. The summed E-state index contributed by atoms with van der Waals surface area (Å²) in [5, 5.41) is 4.18. The SMILES string of the molecule is Cc1cc(OC2CCNCC2)cc(C)c1Cl. The van der Waals surface area contributed by atoms with Gasteiger partial charge in [0.05, 0.1) is 0 Å². The lowest BCUT2D eigenvalue weighted by molar-refractivity contribution is 0.162. The van der Waals surface area contributed by atoms with E-state index in [-0.39, 0.29) is 0 Å². The fourth-order valence-corrected chi connectivity index (χ4v) is 2.19. The van der Waals surface area contributed by atoms with Gasteiger partial charge in [0.1, 0.15) is 11.9 Å². The zero-order chi connectivity index (χ0) is 11.5. The zero-order valence-electron chi connectivity index (χ0n) is 9.85. The van der Waals surface area contributed by atoms with Gasteiger partial charge in [-0.1, -0.05) is 11.6 Å². The monoisotopic (exact) mass is 239 g/mol. The Bertz CT molecular complexity index is 349. The van der Waals surface area contributed by atoms with Crippen LogP contribution in [0.15, 0.2) is 12.1 Å². The molecule has 0 spiro atoms. The molecule has 0 radical (unpaired) electrons. The first-order valence-electron chi connectivity index (χ1n) is 5.81. The molecule has 1 aliphatic rings. The molecule has 16 heavy (non-hydrogen) atoms. The van der Waals surface area contributed by atoms with Gasteiger partial charge in [-0.2, -0.15) is 0 Å². The number of nitrogens with one attached hydrogen (secondary N) is 1. The van der Waals surface area contributed by atoms with Gasteiger partial charge >= 0.3 is 0 Å². The van der Waals surface area contributed by atoms with Gasteiger partial charge in [0.25, 0.3) is 0 Å². The Morgan fingerprint density at radius 2 is 1.75 bits per heavy atom. The predicted octanol–water partition coefficient (Wildman–Crippen LogP) is 3.09. The van der Waals surface area contributed by atoms with Crippen molar-refractivity contribution in [3.63, 3.8) is 0 Å². The minimum absolute atomic E-state index is 0.348. The van der Waals surface area contributed by atoms with Crippen LogP contribution in [0.2, 0.25) is 5.02 Å². The average molecular weight is 240 g/mol. The number of hydrogen-bond donors (Lipinski definition) is 1. The van der Waals surface area contributed by atoms with E-state index in [2.05, 4.69) is 5.32 Å². The Morgan fingerprint density at radius 1 is 1.19 bits per heavy atom. The van der Waals surface area contributed by atoms with Crippen LogP contribution in [-0.2, 0) is 0 Å².